The first-order chi connectivity index (χ1) is 52.5. The Morgan fingerprint density at radius 3 is 0.703 bits per heavy atom. The van der Waals surface area contributed by atoms with Crippen molar-refractivity contribution in [2.75, 3.05) is 9.80 Å². The first-order valence-electron chi connectivity index (χ1n) is 40.3. The van der Waals surface area contributed by atoms with Gasteiger partial charge < -0.3 is 18.9 Å². The summed E-state index contributed by atoms with van der Waals surface area (Å²) >= 11 is 0. The Hall–Kier alpha value is -10.9. The molecule has 554 valence electrons. The molecule has 0 fully saturated rings. The molecule has 0 saturated carbocycles. The summed E-state index contributed by atoms with van der Waals surface area (Å²) in [5.41, 5.74) is 34.9. The number of hydrogen-bond acceptors (Lipinski definition) is 2. The summed E-state index contributed by atoms with van der Waals surface area (Å²) < 4.78 is 5.22. The molecule has 2 aromatic heterocycles. The third kappa shape index (κ3) is 12.5. The van der Waals surface area contributed by atoms with Crippen LogP contribution in [0.2, 0.25) is 0 Å². The average Bonchev–Trinajstić information content (AvgIpc) is 1.61. The second kappa shape index (κ2) is 25.9. The van der Waals surface area contributed by atoms with Crippen LogP contribution in [0.4, 0.5) is 34.1 Å². The Morgan fingerprint density at radius 1 is 0.216 bits per heavy atom. The maximum atomic E-state index is 2.77. The van der Waals surface area contributed by atoms with Crippen LogP contribution >= 0.6 is 0 Å². The lowest BCUT2D eigenvalue weighted by molar-refractivity contribution is 0.590. The summed E-state index contributed by atoms with van der Waals surface area (Å²) in [5, 5.41) is 4.99. The van der Waals surface area contributed by atoms with Gasteiger partial charge in [0, 0.05) is 77.9 Å². The molecule has 0 unspecified atom stereocenters. The third-order valence-corrected chi connectivity index (χ3v) is 24.2. The van der Waals surface area contributed by atoms with Gasteiger partial charge in [-0.25, -0.2) is 0 Å². The molecule has 4 nitrogen and oxygen atoms in total. The van der Waals surface area contributed by atoms with Crippen molar-refractivity contribution in [1.29, 1.82) is 0 Å². The molecule has 2 aliphatic heterocycles. The molecule has 0 N–H and O–H groups in total. The first-order valence-corrected chi connectivity index (χ1v) is 40.3. The Balaban J connectivity index is 1.09. The Kier molecular flexibility index (Phi) is 17.0. The lowest BCUT2D eigenvalue weighted by Gasteiger charge is -2.47. The molecule has 0 bridgehead atoms. The summed E-state index contributed by atoms with van der Waals surface area (Å²) in [6.07, 6.45) is 0. The monoisotopic (exact) mass is 1450 g/mol. The summed E-state index contributed by atoms with van der Waals surface area (Å²) in [5.74, 6) is 0. The van der Waals surface area contributed by atoms with Gasteiger partial charge >= 0.3 is 0 Å². The zero-order chi connectivity index (χ0) is 78.1. The second-order valence-corrected chi connectivity index (χ2v) is 39.2. The average molecular weight is 1450 g/mol. The normalized spacial score (nSPS) is 13.6. The molecule has 4 heterocycles. The van der Waals surface area contributed by atoms with Crippen molar-refractivity contribution in [3.63, 3.8) is 0 Å². The van der Waals surface area contributed by atoms with E-state index in [1.165, 1.54) is 121 Å². The Bertz CT molecular complexity index is 5580. The molecule has 15 aromatic rings. The van der Waals surface area contributed by atoms with Gasteiger partial charge in [0.2, 0.25) is 0 Å². The molecule has 2 aliphatic rings. The van der Waals surface area contributed by atoms with E-state index in [2.05, 4.69) is 431 Å². The van der Waals surface area contributed by atoms with Crippen LogP contribution in [0.3, 0.4) is 0 Å². The van der Waals surface area contributed by atoms with Crippen molar-refractivity contribution in [3.8, 4) is 55.9 Å². The number of fused-ring (bicyclic) bond motifs is 10. The molecule has 0 radical (unpaired) electrons. The van der Waals surface area contributed by atoms with E-state index in [1.807, 2.05) is 0 Å². The van der Waals surface area contributed by atoms with Gasteiger partial charge in [-0.15, -0.1) is 0 Å². The van der Waals surface area contributed by atoms with E-state index in [4.69, 9.17) is 0 Å². The molecule has 111 heavy (non-hydrogen) atoms. The van der Waals surface area contributed by atoms with E-state index in [9.17, 15) is 0 Å². The largest absolute Gasteiger partial charge is 0.310 e. The standard InChI is InChI=1S/C106H107BN4/c1-100(2,3)70-42-48-79-80-49-43-71(101(4,5)6)59-90(80)108(89(79)58-70)77-46-52-87-93(64-77)110(98-83(66-34-26-22-27-35-66)54-74(104(13,14)15)55-84(98)67-36-28-23-29-37-67)95-62-76(106(19,20)21)63-96-97(95)107(87)88-53-47-78(109-91-60-72(102(7,8)9)44-50-81(91)82-51-45-73(61-92(82)109)103(10,11)12)65-94(88)111(96)99-85(68-38-30-24-31-39-68)56-75(105(16,17)18)57-86(99)69-40-32-25-33-41-69/h22-65H,1-21H3. The van der Waals surface area contributed by atoms with Crippen LogP contribution in [0.15, 0.2) is 267 Å². The number of hydrogen-bond donors (Lipinski definition) is 0. The van der Waals surface area contributed by atoms with Crippen molar-refractivity contribution < 1.29 is 0 Å². The highest BCUT2D eigenvalue weighted by molar-refractivity contribution is 7.00. The van der Waals surface area contributed by atoms with Gasteiger partial charge in [-0.3, -0.25) is 0 Å². The van der Waals surface area contributed by atoms with Crippen molar-refractivity contribution in [1.82, 2.24) is 9.13 Å². The Labute approximate surface area is 660 Å². The summed E-state index contributed by atoms with van der Waals surface area (Å²) in [4.78, 5) is 5.54. The fraction of sp³-hybridized carbons (Fsp3) is 0.264. The zero-order valence-corrected chi connectivity index (χ0v) is 69.3. The minimum atomic E-state index is -0.346. The van der Waals surface area contributed by atoms with Crippen molar-refractivity contribution in [2.24, 2.45) is 0 Å². The SMILES string of the molecule is CC(C)(C)c1cc(-c2ccccc2)c(N2c3cc(-n4c5cc(C(C)(C)C)ccc5c5ccc(C(C)(C)C)cc54)ccc3B3c4ccc(-n5c6cc(C(C)(C)C)ccc6c6ccc(C(C)(C)C)cc65)cc4N(c4c(-c5ccccc5)cc(C(C)(C)C)cc4-c4ccccc4)c4cc(C(C)(C)C)cc2c43)c(-c2ccccc2)c1. The minimum Gasteiger partial charge on any atom is -0.310 e. The fourth-order valence-electron chi connectivity index (χ4n) is 17.6. The van der Waals surface area contributed by atoms with E-state index in [0.29, 0.717) is 0 Å². The van der Waals surface area contributed by atoms with E-state index in [1.54, 1.807) is 0 Å². The minimum absolute atomic E-state index is 0.0987. The van der Waals surface area contributed by atoms with E-state index in [0.717, 1.165) is 67.8 Å². The molecule has 13 aromatic carbocycles. The highest BCUT2D eigenvalue weighted by Crippen LogP contribution is 2.56. The van der Waals surface area contributed by atoms with Crippen molar-refractivity contribution in [3.05, 3.63) is 306 Å². The molecule has 17 rings (SSSR count). The molecule has 0 aliphatic carbocycles. The lowest BCUT2D eigenvalue weighted by Crippen LogP contribution is -2.61. The van der Waals surface area contributed by atoms with Gasteiger partial charge in [0.15, 0.2) is 0 Å². The summed E-state index contributed by atoms with van der Waals surface area (Å²) in [7, 11) is 0. The van der Waals surface area contributed by atoms with Gasteiger partial charge in [-0.05, 0) is 200 Å². The predicted molar refractivity (Wildman–Crippen MR) is 482 cm³/mol. The molecule has 0 saturated heterocycles. The van der Waals surface area contributed by atoms with Crippen LogP contribution in [0.1, 0.15) is 184 Å². The molecule has 0 spiro atoms. The van der Waals surface area contributed by atoms with Crippen LogP contribution in [-0.4, -0.2) is 15.8 Å². The van der Waals surface area contributed by atoms with E-state index >= 15 is 0 Å². The van der Waals surface area contributed by atoms with E-state index in [-0.39, 0.29) is 44.6 Å². The van der Waals surface area contributed by atoms with Gasteiger partial charge in [-0.1, -0.05) is 327 Å². The van der Waals surface area contributed by atoms with E-state index < -0.39 is 0 Å². The van der Waals surface area contributed by atoms with Crippen LogP contribution in [0, 0.1) is 0 Å². The van der Waals surface area contributed by atoms with Gasteiger partial charge in [0.1, 0.15) is 0 Å². The highest BCUT2D eigenvalue weighted by Gasteiger charge is 2.47. The van der Waals surface area contributed by atoms with Crippen LogP contribution in [0.5, 0.6) is 0 Å². The van der Waals surface area contributed by atoms with Gasteiger partial charge in [-0.2, -0.15) is 0 Å². The topological polar surface area (TPSA) is 16.3 Å². The molecule has 0 amide bonds. The summed E-state index contributed by atoms with van der Waals surface area (Å²) in [6.45, 7) is 49.4. The zero-order valence-electron chi connectivity index (χ0n) is 69.3. The second-order valence-electron chi connectivity index (χ2n) is 39.2. The van der Waals surface area contributed by atoms with Crippen molar-refractivity contribution in [2.45, 2.75) is 183 Å². The molecule has 5 heteroatoms. The molecular weight excluding hydrogens is 1340 g/mol. The number of anilines is 6. The maximum absolute atomic E-state index is 2.77. The molecular formula is C106H107BN4. The van der Waals surface area contributed by atoms with Crippen LogP contribution in [-0.2, 0) is 37.9 Å². The lowest BCUT2D eigenvalue weighted by atomic mass is 9.33. The number of benzene rings is 13. The smallest absolute Gasteiger partial charge is 0.252 e. The number of rotatable bonds is 8. The Morgan fingerprint density at radius 2 is 0.459 bits per heavy atom. The highest BCUT2D eigenvalue weighted by atomic mass is 15.2. The van der Waals surface area contributed by atoms with Gasteiger partial charge in [0.05, 0.1) is 33.4 Å². The van der Waals surface area contributed by atoms with Crippen molar-refractivity contribution >= 4 is 101 Å². The summed E-state index contributed by atoms with van der Waals surface area (Å²) in [6, 6.07) is 105. The maximum Gasteiger partial charge on any atom is 0.252 e. The van der Waals surface area contributed by atoms with Crippen LogP contribution in [0.25, 0.3) is 99.5 Å². The predicted octanol–water partition coefficient (Wildman–Crippen LogP) is 27.7. The quantitative estimate of drug-likeness (QED) is 0.141. The van der Waals surface area contributed by atoms with Crippen LogP contribution < -0.4 is 26.2 Å². The number of nitrogens with zero attached hydrogens (tertiary/aromatic N) is 4. The third-order valence-electron chi connectivity index (χ3n) is 24.2. The molecule has 0 atom stereocenters. The fourth-order valence-corrected chi connectivity index (χ4v) is 17.6. The number of aromatic nitrogens is 2. The van der Waals surface area contributed by atoms with Gasteiger partial charge in [0.25, 0.3) is 6.71 Å². The first kappa shape index (κ1) is 73.0.